The number of aryl methyl sites for hydroxylation is 4. The molecule has 5 fully saturated rings. The van der Waals surface area contributed by atoms with Gasteiger partial charge in [0, 0.05) is 87.8 Å². The molecule has 24 atom stereocenters. The first kappa shape index (κ1) is 96.3. The second kappa shape index (κ2) is 39.5. The van der Waals surface area contributed by atoms with Gasteiger partial charge in [0.05, 0.1) is 64.3 Å². The number of methoxy groups -OCH3 is 3. The highest BCUT2D eigenvalue weighted by Gasteiger charge is 2.56. The minimum atomic E-state index is -4.96. The molecule has 0 spiro atoms. The van der Waals surface area contributed by atoms with E-state index < -0.39 is 247 Å². The first-order valence-corrected chi connectivity index (χ1v) is 51.3. The van der Waals surface area contributed by atoms with Crippen LogP contribution < -0.4 is 56.3 Å². The second-order valence-electron chi connectivity index (χ2n) is 27.6. The van der Waals surface area contributed by atoms with E-state index in [0.717, 1.165) is 51.1 Å². The van der Waals surface area contributed by atoms with Gasteiger partial charge in [-0.15, -0.1) is 0 Å². The van der Waals surface area contributed by atoms with Crippen LogP contribution in [0.25, 0.3) is 11.2 Å². The topological polar surface area (TPSA) is 632 Å². The molecule has 668 valence electrons. The maximum atomic E-state index is 14.8. The van der Waals surface area contributed by atoms with Crippen molar-refractivity contribution in [3.8, 4) is 0 Å². The van der Waals surface area contributed by atoms with Gasteiger partial charge in [-0.05, 0) is 107 Å². The zero-order chi connectivity index (χ0) is 87.8. The van der Waals surface area contributed by atoms with Crippen LogP contribution in [-0.4, -0.2) is 240 Å². The van der Waals surface area contributed by atoms with Crippen molar-refractivity contribution in [1.82, 2.24) is 57.7 Å². The molecule has 6 aromatic heterocycles. The van der Waals surface area contributed by atoms with Gasteiger partial charge in [-0.3, -0.25) is 89.8 Å². The number of nitrogens with two attached hydrogens (primary N) is 1. The lowest BCUT2D eigenvalue weighted by molar-refractivity contribution is -0.0640. The van der Waals surface area contributed by atoms with Crippen molar-refractivity contribution in [1.29, 1.82) is 0 Å². The van der Waals surface area contributed by atoms with Gasteiger partial charge in [-0.2, -0.15) is 4.98 Å². The molecule has 0 bridgehead atoms. The lowest BCUT2D eigenvalue weighted by Crippen LogP contribution is -2.41. The standard InChI is InChI=1S/C59H85N13O36P6S6/c1-25(2)103-110(84,116)93-19-33-31(14-38(99-33)72-24-61-39-46(72)62-55(60)63-51(39)78)105-111(85,117)94-20-32-30(13-37(98-32)68-15-26(3)47(74)64-56(68)79)104-112(86,118)95-21-34-41(44(90-8)53(100-34)70-17-28(5)49(76)66-58(70)81)107-114(88,120)97-23-36-42(45(91-9)54(102-36)71-18-29(6)50(77)67-59(71)82)108-113(87,119)96-22-35-40(106-109(83,115)92-12-10-11-73)43(89-7)52(101-35)69-16-27(4)48(75)65-57(69)80/h15-18,24-25,30-38,40-45,52-54,73H,10-14,19-23H2,1-9H3,(H,83,115)(H,84,116)(H,85,117)(H,86,118)(H,87,119)(H,88,120)(H,64,74,79)(H,65,75,80)(H,66,76,81)(H,67,77,82)(H3,60,62,63,78)/t30?,31?,32-,33-,34-,35-,36-,37-,38-,40?,41?,42?,43?,44?,45?,52-,53-,54-,109?,110?,111?,112?,113?,114?/m1/s1. The Bertz CT molecular complexity index is 5640. The van der Waals surface area contributed by atoms with Gasteiger partial charge in [0.1, 0.15) is 79.6 Å². The fourth-order valence-electron chi connectivity index (χ4n) is 13.2. The molecule has 0 saturated carbocycles. The molecule has 5 aliphatic rings. The van der Waals surface area contributed by atoms with Crippen LogP contribution in [0.5, 0.6) is 0 Å². The van der Waals surface area contributed by atoms with Crippen molar-refractivity contribution >= 4 is 129 Å². The molecule has 5 aliphatic heterocycles. The molecule has 13 N–H and O–H groups in total. The summed E-state index contributed by atoms with van der Waals surface area (Å²) in [6.07, 6.45) is -22.8. The summed E-state index contributed by atoms with van der Waals surface area (Å²) in [4.78, 5) is 195. The third-order valence-corrected chi connectivity index (χ3v) is 28.4. The number of aliphatic hydroxyl groups is 1. The number of nitrogens with one attached hydrogen (secondary N) is 5. The van der Waals surface area contributed by atoms with Crippen molar-refractivity contribution < 1.29 is 126 Å². The molecule has 0 aromatic carbocycles. The highest BCUT2D eigenvalue weighted by atomic mass is 32.7. The Hall–Kier alpha value is -4.34. The molecular weight excluding hydrogens is 1840 g/mol. The Kier molecular flexibility index (Phi) is 31.7. The average Bonchev–Trinajstić information content (AvgIpc) is 1.64. The summed E-state index contributed by atoms with van der Waals surface area (Å²) in [7, 11) is 3.43. The van der Waals surface area contributed by atoms with Crippen LogP contribution in [0.15, 0.2) is 74.3 Å². The van der Waals surface area contributed by atoms with Crippen LogP contribution in [0, 0.1) is 27.7 Å². The predicted molar refractivity (Wildman–Crippen MR) is 435 cm³/mol. The molecule has 0 amide bonds. The van der Waals surface area contributed by atoms with E-state index in [1.807, 2.05) is 0 Å². The number of fused-ring (bicyclic) bond motifs is 1. The fraction of sp³-hybridized carbons (Fsp3) is 0.644. The zero-order valence-corrected chi connectivity index (χ0v) is 74.6. The molecule has 0 aliphatic carbocycles. The lowest BCUT2D eigenvalue weighted by atomic mass is 10.1. The summed E-state index contributed by atoms with van der Waals surface area (Å²) < 4.78 is 139. The molecule has 11 heterocycles. The SMILES string of the molecule is COC1C(OP(=O)(S)OC[C@H]2O[C@@H](n3cc(C)c(=O)[nH]c3=O)C(OC)C2OP(O)(=S)OCCCO)[C@@H](COP(O)(=S)OC2C(OC)[C@H](n3cc(C)c(=O)[nH]c3=O)O[C@@H]2COP(O)(=S)OC2C[C@H](n3cc(C)c(=O)[nH]c3=O)O[C@@H]2COP(O)(=S)OC2C[C@H](n3cnc4c(=O)[nH]c(N)nc43)O[C@@H]2COP(O)(=S)OC(C)C)O[C@H]1n1cc(C)c(=O)[nH]c1=O. The van der Waals surface area contributed by atoms with Gasteiger partial charge < -0.3 is 109 Å². The summed E-state index contributed by atoms with van der Waals surface area (Å²) in [5, 5.41) is 9.39. The Balaban J connectivity index is 0.837. The molecule has 0 radical (unpaired) electrons. The van der Waals surface area contributed by atoms with Crippen LogP contribution in [-0.2, 0) is 156 Å². The van der Waals surface area contributed by atoms with Gasteiger partial charge in [0.15, 0.2) is 29.8 Å². The quantitative estimate of drug-likeness (QED) is 0.0130. The largest absolute Gasteiger partial charge is 0.396 e. The minimum Gasteiger partial charge on any atom is -0.396 e. The van der Waals surface area contributed by atoms with Crippen LogP contribution >= 0.6 is 52.6 Å². The number of ether oxygens (including phenoxy) is 8. The number of H-pyrrole nitrogens is 5. The first-order valence-electron chi connectivity index (χ1n) is 35.6. The summed E-state index contributed by atoms with van der Waals surface area (Å²) >= 11 is 31.5. The van der Waals surface area contributed by atoms with Gasteiger partial charge in [0.25, 0.3) is 27.8 Å². The third-order valence-electron chi connectivity index (χ3n) is 18.7. The van der Waals surface area contributed by atoms with Gasteiger partial charge in [-0.25, -0.2) is 28.7 Å². The Labute approximate surface area is 706 Å². The number of aromatic nitrogens is 12. The fourth-order valence-corrected chi connectivity index (χ4v) is 22.2. The zero-order valence-electron chi connectivity index (χ0n) is 64.2. The molecule has 5 saturated heterocycles. The smallest absolute Gasteiger partial charge is 0.386 e. The lowest BCUT2D eigenvalue weighted by Gasteiger charge is -2.30. The van der Waals surface area contributed by atoms with Crippen molar-refractivity contribution in [3.63, 3.8) is 0 Å². The van der Waals surface area contributed by atoms with Crippen molar-refractivity contribution in [2.45, 2.75) is 177 Å². The molecule has 61 heteroatoms. The molecule has 11 rings (SSSR count). The molecule has 120 heavy (non-hydrogen) atoms. The van der Waals surface area contributed by atoms with E-state index in [-0.39, 0.29) is 65.4 Å². The monoisotopic (exact) mass is 1930 g/mol. The number of hydrogen-bond donors (Lipinski definition) is 13. The number of aliphatic hydroxyl groups excluding tert-OH is 1. The number of nitrogens with zero attached hydrogens (tertiary/aromatic N) is 7. The maximum Gasteiger partial charge on any atom is 0.386 e. The van der Waals surface area contributed by atoms with E-state index >= 15 is 0 Å². The normalized spacial score (nSPS) is 29.5. The summed E-state index contributed by atoms with van der Waals surface area (Å²) in [5.74, 6) is -0.259. The van der Waals surface area contributed by atoms with Crippen molar-refractivity contribution in [2.75, 3.05) is 73.3 Å². The van der Waals surface area contributed by atoms with Crippen molar-refractivity contribution in [2.24, 2.45) is 0 Å². The Morgan fingerprint density at radius 2 is 0.833 bits per heavy atom. The van der Waals surface area contributed by atoms with Gasteiger partial charge >= 0.3 is 63.1 Å². The van der Waals surface area contributed by atoms with E-state index in [4.69, 9.17) is 157 Å². The Morgan fingerprint density at radius 3 is 1.23 bits per heavy atom. The van der Waals surface area contributed by atoms with E-state index in [9.17, 15) is 77.3 Å². The highest BCUT2D eigenvalue weighted by molar-refractivity contribution is 8.44. The van der Waals surface area contributed by atoms with E-state index in [1.165, 1.54) is 51.9 Å². The average molecular weight is 1930 g/mol. The van der Waals surface area contributed by atoms with E-state index in [0.29, 0.717) is 0 Å². The number of anilines is 1. The predicted octanol–water partition coefficient (Wildman–Crippen LogP) is -0.597. The third kappa shape index (κ3) is 23.3. The molecule has 14 unspecified atom stereocenters. The van der Waals surface area contributed by atoms with Crippen LogP contribution in [0.4, 0.5) is 5.95 Å². The maximum absolute atomic E-state index is 14.8. The molecular formula is C59H85N13O36P6S6. The van der Waals surface area contributed by atoms with Crippen LogP contribution in [0.3, 0.4) is 0 Å². The number of rotatable bonds is 39. The number of thiol groups is 1. The minimum absolute atomic E-state index is 0.0117. The summed E-state index contributed by atoms with van der Waals surface area (Å²) in [6.45, 7) is -23.6. The van der Waals surface area contributed by atoms with E-state index in [1.54, 1.807) is 13.8 Å². The van der Waals surface area contributed by atoms with E-state index in [2.05, 4.69) is 47.1 Å². The Morgan fingerprint density at radius 1 is 0.483 bits per heavy atom. The number of aromatic amines is 5. The number of nitrogen functional groups attached to an aromatic ring is 1. The number of imidazole rings is 1. The highest BCUT2D eigenvalue weighted by Crippen LogP contribution is 2.60. The molecule has 49 nitrogen and oxygen atoms in total. The van der Waals surface area contributed by atoms with Crippen LogP contribution in [0.1, 0.15) is 86.5 Å². The first-order chi connectivity index (χ1) is 56.2. The summed E-state index contributed by atoms with van der Waals surface area (Å²) in [6, 6.07) is 0. The van der Waals surface area contributed by atoms with Gasteiger partial charge in [0.2, 0.25) is 5.95 Å². The van der Waals surface area contributed by atoms with Crippen molar-refractivity contribution in [3.05, 3.63) is 147 Å². The number of hydrogen-bond acceptors (Lipinski definition) is 39. The molecule has 6 aromatic rings. The second-order valence-corrected chi connectivity index (χ2v) is 44.4. The summed E-state index contributed by atoms with van der Waals surface area (Å²) in [5.41, 5.74) is -2.02. The van der Waals surface area contributed by atoms with Crippen LogP contribution in [0.2, 0.25) is 0 Å². The van der Waals surface area contributed by atoms with Gasteiger partial charge in [-0.1, -0.05) is 12.2 Å².